The van der Waals surface area contributed by atoms with Crippen molar-refractivity contribution in [1.82, 2.24) is 4.90 Å². The number of aldehydes is 1. The third-order valence-corrected chi connectivity index (χ3v) is 3.94. The summed E-state index contributed by atoms with van der Waals surface area (Å²) in [7, 11) is 1.87. The first-order valence-electron chi connectivity index (χ1n) is 7.98. The number of hydrogen-bond donors (Lipinski definition) is 0. The average Bonchev–Trinajstić information content (AvgIpc) is 2.60. The standard InChI is InChI=1S/C16H23N3O5/c1-17(5-2-6-18-7-10-23-11-8-18)15-13-14(19(21)22)3-4-16(15)24-12-9-20/h3-4,9,13H,2,5-8,10-12H2,1H3. The van der Waals surface area contributed by atoms with Crippen LogP contribution < -0.4 is 9.64 Å². The maximum absolute atomic E-state index is 11.0. The summed E-state index contributed by atoms with van der Waals surface area (Å²) in [6, 6.07) is 4.40. The molecule has 1 heterocycles. The van der Waals surface area contributed by atoms with Crippen molar-refractivity contribution in [3.63, 3.8) is 0 Å². The average molecular weight is 337 g/mol. The van der Waals surface area contributed by atoms with Gasteiger partial charge < -0.3 is 14.4 Å². The molecule has 0 atom stereocenters. The van der Waals surface area contributed by atoms with Crippen LogP contribution >= 0.6 is 0 Å². The molecule has 0 bridgehead atoms. The Morgan fingerprint density at radius 2 is 2.17 bits per heavy atom. The molecule has 132 valence electrons. The molecule has 0 radical (unpaired) electrons. The van der Waals surface area contributed by atoms with E-state index in [1.54, 1.807) is 0 Å². The topological polar surface area (TPSA) is 85.2 Å². The SMILES string of the molecule is CN(CCCN1CCOCC1)c1cc([N+](=O)[O-])ccc1OCC=O. The van der Waals surface area contributed by atoms with Crippen molar-refractivity contribution in [1.29, 1.82) is 0 Å². The van der Waals surface area contributed by atoms with Gasteiger partial charge >= 0.3 is 0 Å². The minimum Gasteiger partial charge on any atom is -0.484 e. The Morgan fingerprint density at radius 1 is 1.42 bits per heavy atom. The molecule has 1 aliphatic heterocycles. The molecule has 0 aliphatic carbocycles. The van der Waals surface area contributed by atoms with Gasteiger partial charge in [-0.2, -0.15) is 0 Å². The van der Waals surface area contributed by atoms with Crippen molar-refractivity contribution >= 4 is 17.7 Å². The van der Waals surface area contributed by atoms with Crippen molar-refractivity contribution in [2.75, 3.05) is 57.9 Å². The van der Waals surface area contributed by atoms with E-state index in [0.717, 1.165) is 45.8 Å². The highest BCUT2D eigenvalue weighted by atomic mass is 16.6. The van der Waals surface area contributed by atoms with Crippen LogP contribution in [0.15, 0.2) is 18.2 Å². The van der Waals surface area contributed by atoms with E-state index in [1.807, 2.05) is 11.9 Å². The maximum atomic E-state index is 11.0. The van der Waals surface area contributed by atoms with Crippen molar-refractivity contribution in [3.05, 3.63) is 28.3 Å². The number of morpholine rings is 1. The fraction of sp³-hybridized carbons (Fsp3) is 0.562. The van der Waals surface area contributed by atoms with Crippen LogP contribution in [0.5, 0.6) is 5.75 Å². The highest BCUT2D eigenvalue weighted by Crippen LogP contribution is 2.31. The summed E-state index contributed by atoms with van der Waals surface area (Å²) in [5, 5.41) is 11.0. The second-order valence-corrected chi connectivity index (χ2v) is 5.62. The van der Waals surface area contributed by atoms with Gasteiger partial charge in [0.25, 0.3) is 5.69 Å². The minimum absolute atomic E-state index is 0.00322. The van der Waals surface area contributed by atoms with Crippen LogP contribution in [0.25, 0.3) is 0 Å². The second-order valence-electron chi connectivity index (χ2n) is 5.62. The first-order valence-corrected chi connectivity index (χ1v) is 7.98. The monoisotopic (exact) mass is 337 g/mol. The van der Waals surface area contributed by atoms with Gasteiger partial charge in [-0.05, 0) is 12.5 Å². The van der Waals surface area contributed by atoms with Crippen molar-refractivity contribution in [3.8, 4) is 5.75 Å². The highest BCUT2D eigenvalue weighted by Gasteiger charge is 2.16. The highest BCUT2D eigenvalue weighted by molar-refractivity contribution is 5.64. The fourth-order valence-corrected chi connectivity index (χ4v) is 2.64. The second kappa shape index (κ2) is 9.19. The van der Waals surface area contributed by atoms with E-state index < -0.39 is 4.92 Å². The van der Waals surface area contributed by atoms with E-state index in [0.29, 0.717) is 17.7 Å². The number of anilines is 1. The fourth-order valence-electron chi connectivity index (χ4n) is 2.64. The number of carbonyl (C=O) groups excluding carboxylic acids is 1. The molecule has 1 fully saturated rings. The lowest BCUT2D eigenvalue weighted by Crippen LogP contribution is -2.37. The zero-order chi connectivity index (χ0) is 17.4. The summed E-state index contributed by atoms with van der Waals surface area (Å²) < 4.78 is 10.7. The molecule has 0 N–H and O–H groups in total. The molecule has 1 saturated heterocycles. The molecular weight excluding hydrogens is 314 g/mol. The van der Waals surface area contributed by atoms with Crippen LogP contribution in [0, 0.1) is 10.1 Å². The van der Waals surface area contributed by atoms with Crippen molar-refractivity contribution in [2.24, 2.45) is 0 Å². The molecule has 0 saturated carbocycles. The Labute approximate surface area is 141 Å². The summed E-state index contributed by atoms with van der Waals surface area (Å²) in [6.07, 6.45) is 1.58. The van der Waals surface area contributed by atoms with Gasteiger partial charge in [-0.15, -0.1) is 0 Å². The summed E-state index contributed by atoms with van der Waals surface area (Å²) in [5.41, 5.74) is 0.622. The number of rotatable bonds is 9. The quantitative estimate of drug-likeness (QED) is 0.382. The maximum Gasteiger partial charge on any atom is 0.271 e. The Hall–Kier alpha value is -2.19. The van der Waals surface area contributed by atoms with E-state index in [1.165, 1.54) is 18.2 Å². The summed E-state index contributed by atoms with van der Waals surface area (Å²) in [4.78, 5) is 25.3. The number of nitrogens with zero attached hydrogens (tertiary/aromatic N) is 3. The normalized spacial score (nSPS) is 15.0. The Morgan fingerprint density at radius 3 is 2.83 bits per heavy atom. The third-order valence-electron chi connectivity index (χ3n) is 3.94. The predicted octanol–water partition coefficient (Wildman–Crippen LogP) is 1.33. The molecule has 8 nitrogen and oxygen atoms in total. The van der Waals surface area contributed by atoms with E-state index in [2.05, 4.69) is 4.90 Å². The zero-order valence-electron chi connectivity index (χ0n) is 13.8. The van der Waals surface area contributed by atoms with Crippen molar-refractivity contribution < 1.29 is 19.2 Å². The number of ether oxygens (including phenoxy) is 2. The number of hydrogen-bond acceptors (Lipinski definition) is 7. The number of benzene rings is 1. The molecule has 8 heteroatoms. The van der Waals surface area contributed by atoms with E-state index in [-0.39, 0.29) is 12.3 Å². The smallest absolute Gasteiger partial charge is 0.271 e. The molecule has 1 aromatic carbocycles. The molecular formula is C16H23N3O5. The van der Waals surface area contributed by atoms with Crippen LogP contribution in [0.4, 0.5) is 11.4 Å². The molecule has 0 spiro atoms. The lowest BCUT2D eigenvalue weighted by atomic mass is 10.2. The number of nitro groups is 1. The van der Waals surface area contributed by atoms with E-state index >= 15 is 0 Å². The molecule has 1 aromatic rings. The molecule has 0 amide bonds. The molecule has 1 aliphatic rings. The molecule has 2 rings (SSSR count). The number of carbonyl (C=O) groups is 1. The summed E-state index contributed by atoms with van der Waals surface area (Å²) >= 11 is 0. The lowest BCUT2D eigenvalue weighted by Gasteiger charge is -2.28. The van der Waals surface area contributed by atoms with Crippen LogP contribution in [-0.4, -0.2) is 69.2 Å². The minimum atomic E-state index is -0.436. The third kappa shape index (κ3) is 5.17. The van der Waals surface area contributed by atoms with Crippen LogP contribution in [-0.2, 0) is 9.53 Å². The lowest BCUT2D eigenvalue weighted by molar-refractivity contribution is -0.384. The van der Waals surface area contributed by atoms with Gasteiger partial charge in [-0.1, -0.05) is 0 Å². The van der Waals surface area contributed by atoms with Gasteiger partial charge in [0.1, 0.15) is 12.4 Å². The Balaban J connectivity index is 1.98. The summed E-state index contributed by atoms with van der Waals surface area (Å²) in [5.74, 6) is 0.474. The predicted molar refractivity (Wildman–Crippen MR) is 89.8 cm³/mol. The van der Waals surface area contributed by atoms with E-state index in [9.17, 15) is 14.9 Å². The largest absolute Gasteiger partial charge is 0.484 e. The van der Waals surface area contributed by atoms with Crippen LogP contribution in [0.2, 0.25) is 0 Å². The Bertz CT molecular complexity index is 561. The van der Waals surface area contributed by atoms with Crippen molar-refractivity contribution in [2.45, 2.75) is 6.42 Å². The van der Waals surface area contributed by atoms with Gasteiger partial charge in [0, 0.05) is 45.4 Å². The molecule has 0 unspecified atom stereocenters. The molecule has 0 aromatic heterocycles. The number of non-ortho nitro benzene ring substituents is 1. The van der Waals surface area contributed by atoms with E-state index in [4.69, 9.17) is 9.47 Å². The first-order chi connectivity index (χ1) is 11.6. The first kappa shape index (κ1) is 18.2. The Kier molecular flexibility index (Phi) is 6.95. The van der Waals surface area contributed by atoms with Gasteiger partial charge in [0.05, 0.1) is 23.8 Å². The number of nitro benzene ring substituents is 1. The van der Waals surface area contributed by atoms with Crippen LogP contribution in [0.3, 0.4) is 0 Å². The van der Waals surface area contributed by atoms with Gasteiger partial charge in [-0.3, -0.25) is 19.8 Å². The molecule has 24 heavy (non-hydrogen) atoms. The van der Waals surface area contributed by atoms with Gasteiger partial charge in [0.15, 0.2) is 6.29 Å². The zero-order valence-corrected chi connectivity index (χ0v) is 13.8. The summed E-state index contributed by atoms with van der Waals surface area (Å²) in [6.45, 7) is 5.02. The van der Waals surface area contributed by atoms with Crippen LogP contribution in [0.1, 0.15) is 6.42 Å². The van der Waals surface area contributed by atoms with Gasteiger partial charge in [-0.25, -0.2) is 0 Å². The van der Waals surface area contributed by atoms with Gasteiger partial charge in [0.2, 0.25) is 0 Å².